The fraction of sp³-hybridized carbons (Fsp3) is 0.231. The number of nitrogens with zero attached hydrogens (tertiary/aromatic N) is 6. The van der Waals surface area contributed by atoms with Crippen LogP contribution in [0.1, 0.15) is 10.5 Å². The SMILES string of the molecule is O=C(Nc1ccccn1)c1ncn2c(=O)n(CCOC(F)(F)F)nnc12. The maximum absolute atomic E-state index is 12.2. The molecule has 0 radical (unpaired) electrons. The molecule has 3 heterocycles. The number of alkyl halides is 3. The largest absolute Gasteiger partial charge is 0.522 e. The van der Waals surface area contributed by atoms with Gasteiger partial charge in [0, 0.05) is 6.20 Å². The summed E-state index contributed by atoms with van der Waals surface area (Å²) in [4.78, 5) is 32.1. The number of aromatic nitrogens is 6. The van der Waals surface area contributed by atoms with Crippen molar-refractivity contribution >= 4 is 17.4 Å². The standard InChI is InChI=1S/C13H10F3N7O3/c14-13(15,16)26-6-5-23-12(25)22-7-18-9(10(22)20-21-23)11(24)19-8-3-1-2-4-17-8/h1-4,7H,5-6H2,(H,17,19,24). The molecule has 0 saturated heterocycles. The lowest BCUT2D eigenvalue weighted by molar-refractivity contribution is -0.325. The summed E-state index contributed by atoms with van der Waals surface area (Å²) in [6.45, 7) is -1.29. The van der Waals surface area contributed by atoms with Crippen LogP contribution in [0.15, 0.2) is 35.5 Å². The van der Waals surface area contributed by atoms with E-state index in [1.807, 2.05) is 0 Å². The zero-order chi connectivity index (χ0) is 18.7. The molecule has 136 valence electrons. The van der Waals surface area contributed by atoms with Gasteiger partial charge < -0.3 is 5.32 Å². The Morgan fingerprint density at radius 1 is 1.27 bits per heavy atom. The third kappa shape index (κ3) is 3.83. The highest BCUT2D eigenvalue weighted by atomic mass is 19.4. The van der Waals surface area contributed by atoms with E-state index in [2.05, 4.69) is 30.3 Å². The molecule has 0 aliphatic carbocycles. The Morgan fingerprint density at radius 3 is 2.77 bits per heavy atom. The highest BCUT2D eigenvalue weighted by Gasteiger charge is 2.29. The van der Waals surface area contributed by atoms with Crippen LogP contribution in [-0.4, -0.2) is 48.2 Å². The lowest BCUT2D eigenvalue weighted by Crippen LogP contribution is -2.32. The predicted octanol–water partition coefficient (Wildman–Crippen LogP) is 0.470. The molecule has 1 N–H and O–H groups in total. The first-order valence-corrected chi connectivity index (χ1v) is 7.09. The van der Waals surface area contributed by atoms with Gasteiger partial charge in [0.15, 0.2) is 11.3 Å². The lowest BCUT2D eigenvalue weighted by Gasteiger charge is -2.07. The van der Waals surface area contributed by atoms with Crippen LogP contribution in [0.4, 0.5) is 19.0 Å². The van der Waals surface area contributed by atoms with Crippen LogP contribution in [0.2, 0.25) is 0 Å². The van der Waals surface area contributed by atoms with Crippen LogP contribution in [0.3, 0.4) is 0 Å². The molecule has 0 atom stereocenters. The van der Waals surface area contributed by atoms with Gasteiger partial charge in [-0.2, -0.15) is 4.68 Å². The summed E-state index contributed by atoms with van der Waals surface area (Å²) < 4.78 is 41.1. The minimum Gasteiger partial charge on any atom is -0.305 e. The van der Waals surface area contributed by atoms with E-state index in [0.717, 1.165) is 10.7 Å². The average Bonchev–Trinajstić information content (AvgIpc) is 3.02. The normalized spacial score (nSPS) is 11.7. The summed E-state index contributed by atoms with van der Waals surface area (Å²) in [6, 6.07) is 4.88. The first-order chi connectivity index (χ1) is 12.3. The number of ether oxygens (including phenoxy) is 1. The number of hydrogen-bond donors (Lipinski definition) is 1. The maximum atomic E-state index is 12.2. The van der Waals surface area contributed by atoms with E-state index in [0.29, 0.717) is 4.68 Å². The minimum absolute atomic E-state index is 0.142. The van der Waals surface area contributed by atoms with E-state index in [1.54, 1.807) is 18.2 Å². The molecule has 0 aliphatic rings. The van der Waals surface area contributed by atoms with Gasteiger partial charge in [0.1, 0.15) is 12.1 Å². The number of carbonyl (C=O) groups is 1. The van der Waals surface area contributed by atoms with Gasteiger partial charge in [-0.3, -0.25) is 9.53 Å². The molecule has 26 heavy (non-hydrogen) atoms. The molecule has 1 amide bonds. The molecule has 0 fully saturated rings. The van der Waals surface area contributed by atoms with E-state index in [1.165, 1.54) is 6.20 Å². The lowest BCUT2D eigenvalue weighted by atomic mass is 10.4. The highest BCUT2D eigenvalue weighted by molar-refractivity contribution is 6.06. The summed E-state index contributed by atoms with van der Waals surface area (Å²) in [6.07, 6.45) is -2.31. The van der Waals surface area contributed by atoms with Gasteiger partial charge in [0.05, 0.1) is 13.2 Å². The summed E-state index contributed by atoms with van der Waals surface area (Å²) in [5, 5.41) is 9.65. The zero-order valence-electron chi connectivity index (χ0n) is 12.8. The Bertz CT molecular complexity index is 984. The third-order valence-corrected chi connectivity index (χ3v) is 3.11. The van der Waals surface area contributed by atoms with Crippen molar-refractivity contribution in [2.75, 3.05) is 11.9 Å². The Labute approximate surface area is 142 Å². The predicted molar refractivity (Wildman–Crippen MR) is 79.2 cm³/mol. The van der Waals surface area contributed by atoms with Crippen LogP contribution < -0.4 is 11.0 Å². The number of rotatable bonds is 5. The molecule has 0 spiro atoms. The summed E-state index contributed by atoms with van der Waals surface area (Å²) >= 11 is 0. The molecular formula is C13H10F3N7O3. The molecule has 0 unspecified atom stereocenters. The number of anilines is 1. The molecular weight excluding hydrogens is 359 g/mol. The topological polar surface area (TPSA) is 116 Å². The van der Waals surface area contributed by atoms with Gasteiger partial charge >= 0.3 is 12.1 Å². The van der Waals surface area contributed by atoms with Crippen molar-refractivity contribution in [3.05, 3.63) is 46.9 Å². The fourth-order valence-electron chi connectivity index (χ4n) is 2.00. The first-order valence-electron chi connectivity index (χ1n) is 7.09. The molecule has 3 rings (SSSR count). The fourth-order valence-corrected chi connectivity index (χ4v) is 2.00. The number of imidazole rings is 1. The van der Waals surface area contributed by atoms with Gasteiger partial charge in [-0.05, 0) is 12.1 Å². The van der Waals surface area contributed by atoms with Crippen molar-refractivity contribution < 1.29 is 22.7 Å². The Morgan fingerprint density at radius 2 is 2.08 bits per heavy atom. The van der Waals surface area contributed by atoms with Crippen molar-refractivity contribution in [2.24, 2.45) is 0 Å². The number of halogens is 3. The van der Waals surface area contributed by atoms with Crippen LogP contribution in [-0.2, 0) is 11.3 Å². The summed E-state index contributed by atoms with van der Waals surface area (Å²) in [5.74, 6) is -0.401. The van der Waals surface area contributed by atoms with Gasteiger partial charge in [-0.25, -0.2) is 19.2 Å². The maximum Gasteiger partial charge on any atom is 0.522 e. The van der Waals surface area contributed by atoms with E-state index in [-0.39, 0.29) is 17.2 Å². The number of fused-ring (bicyclic) bond motifs is 1. The summed E-state index contributed by atoms with van der Waals surface area (Å²) in [5.41, 5.74) is -1.14. The number of amides is 1. The van der Waals surface area contributed by atoms with E-state index < -0.39 is 31.1 Å². The quantitative estimate of drug-likeness (QED) is 0.695. The molecule has 0 aliphatic heterocycles. The molecule has 3 aromatic rings. The molecule has 0 saturated carbocycles. The second kappa shape index (κ2) is 6.87. The van der Waals surface area contributed by atoms with E-state index in [9.17, 15) is 22.8 Å². The van der Waals surface area contributed by atoms with Crippen LogP contribution in [0.25, 0.3) is 5.65 Å². The van der Waals surface area contributed by atoms with Crippen molar-refractivity contribution in [1.82, 2.24) is 29.4 Å². The third-order valence-electron chi connectivity index (χ3n) is 3.11. The van der Waals surface area contributed by atoms with Crippen LogP contribution >= 0.6 is 0 Å². The number of hydrogen-bond acceptors (Lipinski definition) is 7. The Hall–Kier alpha value is -3.35. The number of nitrogens with one attached hydrogen (secondary N) is 1. The van der Waals surface area contributed by atoms with Gasteiger partial charge in [0.25, 0.3) is 5.91 Å². The van der Waals surface area contributed by atoms with Crippen molar-refractivity contribution in [2.45, 2.75) is 12.9 Å². The zero-order valence-corrected chi connectivity index (χ0v) is 12.8. The highest BCUT2D eigenvalue weighted by Crippen LogP contribution is 2.15. The van der Waals surface area contributed by atoms with Gasteiger partial charge in [-0.15, -0.1) is 18.3 Å². The molecule has 0 aromatic carbocycles. The Kier molecular flexibility index (Phi) is 4.62. The van der Waals surface area contributed by atoms with Gasteiger partial charge in [-0.1, -0.05) is 11.3 Å². The van der Waals surface area contributed by atoms with Crippen molar-refractivity contribution in [1.29, 1.82) is 0 Å². The van der Waals surface area contributed by atoms with E-state index in [4.69, 9.17) is 0 Å². The molecule has 13 heteroatoms. The first kappa shape index (κ1) is 17.5. The van der Waals surface area contributed by atoms with E-state index >= 15 is 0 Å². The van der Waals surface area contributed by atoms with Crippen LogP contribution in [0, 0.1) is 0 Å². The average molecular weight is 369 g/mol. The molecule has 10 nitrogen and oxygen atoms in total. The summed E-state index contributed by atoms with van der Waals surface area (Å²) in [7, 11) is 0. The second-order valence-corrected chi connectivity index (χ2v) is 4.85. The monoisotopic (exact) mass is 369 g/mol. The smallest absolute Gasteiger partial charge is 0.305 e. The second-order valence-electron chi connectivity index (χ2n) is 4.85. The van der Waals surface area contributed by atoms with Gasteiger partial charge in [0.2, 0.25) is 0 Å². The molecule has 3 aromatic heterocycles. The Balaban J connectivity index is 1.81. The minimum atomic E-state index is -4.81. The van der Waals surface area contributed by atoms with Crippen molar-refractivity contribution in [3.8, 4) is 0 Å². The number of carbonyl (C=O) groups excluding carboxylic acids is 1. The number of pyridine rings is 1. The van der Waals surface area contributed by atoms with Crippen LogP contribution in [0.5, 0.6) is 0 Å². The van der Waals surface area contributed by atoms with Crippen molar-refractivity contribution in [3.63, 3.8) is 0 Å². The molecule has 0 bridgehead atoms.